The van der Waals surface area contributed by atoms with Crippen LogP contribution in [0.15, 0.2) is 54.6 Å². The Morgan fingerprint density at radius 1 is 1.25 bits per heavy atom. The summed E-state index contributed by atoms with van der Waals surface area (Å²) in [6, 6.07) is 16.4. The molecule has 2 aromatic carbocycles. The number of morpholine rings is 1. The smallest absolute Gasteiger partial charge is 0.185 e. The minimum Gasteiger partial charge on any atom is -0.371 e. The molecule has 0 unspecified atom stereocenters. The second kappa shape index (κ2) is 8.04. The number of ketones is 1. The number of nitrogens with one attached hydrogen (secondary N) is 1. The number of nitrogens with zero attached hydrogens (tertiary/aromatic N) is 2. The number of carbonyl (C=O) groups excluding carboxylic acids is 1. The van der Waals surface area contributed by atoms with Crippen molar-refractivity contribution in [3.05, 3.63) is 77.2 Å². The van der Waals surface area contributed by atoms with Gasteiger partial charge in [0, 0.05) is 32.1 Å². The van der Waals surface area contributed by atoms with Gasteiger partial charge < -0.3 is 10.1 Å². The van der Waals surface area contributed by atoms with Crippen LogP contribution >= 0.6 is 0 Å². The van der Waals surface area contributed by atoms with E-state index in [0.717, 1.165) is 23.4 Å². The normalized spacial score (nSPS) is 16.9. The summed E-state index contributed by atoms with van der Waals surface area (Å²) in [4.78, 5) is 12.8. The number of Topliss-reactive ketones (excluding diaryl/α,β-unsaturated/α-hetero) is 1. The number of rotatable bonds is 5. The fraction of sp³-hybridized carbons (Fsp3) is 0.273. The predicted molar refractivity (Wildman–Crippen MR) is 105 cm³/mol. The lowest BCUT2D eigenvalue weighted by Crippen LogP contribution is -2.33. The van der Waals surface area contributed by atoms with E-state index in [1.165, 1.54) is 6.07 Å². The minimum atomic E-state index is -0.384. The summed E-state index contributed by atoms with van der Waals surface area (Å²) in [6.07, 6.45) is -0.164. The Kier molecular flexibility index (Phi) is 5.32. The van der Waals surface area contributed by atoms with Crippen LogP contribution in [0.4, 0.5) is 4.39 Å². The number of halogens is 1. The van der Waals surface area contributed by atoms with Gasteiger partial charge in [-0.05, 0) is 23.3 Å². The Morgan fingerprint density at radius 2 is 2.07 bits per heavy atom. The molecule has 144 valence electrons. The molecule has 1 aliphatic rings. The SMILES string of the molecule is Cn1nc(-c2ccccc2)cc1C(=O)Cc1ccc([C@@H]2CNCCO2)cc1F. The van der Waals surface area contributed by atoms with Gasteiger partial charge in [0.1, 0.15) is 11.5 Å². The largest absolute Gasteiger partial charge is 0.371 e. The standard InChI is InChI=1S/C22H22FN3O2/c1-26-20(13-19(25-26)15-5-3-2-4-6-15)21(27)12-16-7-8-17(11-18(16)23)22-14-24-9-10-28-22/h2-8,11,13,22,24H,9-10,12,14H2,1H3/t22-/m0/s1. The summed E-state index contributed by atoms with van der Waals surface area (Å²) in [7, 11) is 1.73. The summed E-state index contributed by atoms with van der Waals surface area (Å²) in [5.41, 5.74) is 3.29. The first kappa shape index (κ1) is 18.5. The molecule has 1 fully saturated rings. The van der Waals surface area contributed by atoms with Crippen LogP contribution in [0.1, 0.15) is 27.7 Å². The van der Waals surface area contributed by atoms with E-state index in [9.17, 15) is 9.18 Å². The Hall–Kier alpha value is -2.83. The molecular formula is C22H22FN3O2. The third-order valence-corrected chi connectivity index (χ3v) is 4.96. The van der Waals surface area contributed by atoms with Gasteiger partial charge in [-0.1, -0.05) is 42.5 Å². The second-order valence-corrected chi connectivity index (χ2v) is 6.92. The molecule has 1 N–H and O–H groups in total. The number of ether oxygens (including phenoxy) is 1. The second-order valence-electron chi connectivity index (χ2n) is 6.92. The van der Waals surface area contributed by atoms with E-state index in [1.807, 2.05) is 36.4 Å². The molecular weight excluding hydrogens is 357 g/mol. The van der Waals surface area contributed by atoms with E-state index in [1.54, 1.807) is 23.9 Å². The molecule has 3 aromatic rings. The van der Waals surface area contributed by atoms with Crippen molar-refractivity contribution in [3.63, 3.8) is 0 Å². The summed E-state index contributed by atoms with van der Waals surface area (Å²) in [6.45, 7) is 2.08. The molecule has 0 spiro atoms. The van der Waals surface area contributed by atoms with Gasteiger partial charge in [-0.15, -0.1) is 0 Å². The number of hydrogen-bond donors (Lipinski definition) is 1. The molecule has 1 aliphatic heterocycles. The fourth-order valence-corrected chi connectivity index (χ4v) is 3.43. The summed E-state index contributed by atoms with van der Waals surface area (Å²) < 4.78 is 21.8. The van der Waals surface area contributed by atoms with E-state index >= 15 is 0 Å². The first-order chi connectivity index (χ1) is 13.6. The van der Waals surface area contributed by atoms with Crippen LogP contribution in [0.3, 0.4) is 0 Å². The lowest BCUT2D eigenvalue weighted by molar-refractivity contribution is 0.0275. The van der Waals surface area contributed by atoms with Crippen LogP contribution in [0.25, 0.3) is 11.3 Å². The van der Waals surface area contributed by atoms with Gasteiger partial charge in [0.2, 0.25) is 0 Å². The molecule has 2 heterocycles. The van der Waals surface area contributed by atoms with E-state index in [2.05, 4.69) is 10.4 Å². The molecule has 0 aliphatic carbocycles. The van der Waals surface area contributed by atoms with Gasteiger partial charge in [-0.2, -0.15) is 5.10 Å². The van der Waals surface area contributed by atoms with E-state index < -0.39 is 0 Å². The zero-order valence-corrected chi connectivity index (χ0v) is 15.7. The molecule has 0 saturated carbocycles. The first-order valence-electron chi connectivity index (χ1n) is 9.35. The monoisotopic (exact) mass is 379 g/mol. The van der Waals surface area contributed by atoms with Crippen molar-refractivity contribution in [2.75, 3.05) is 19.7 Å². The van der Waals surface area contributed by atoms with E-state index in [0.29, 0.717) is 24.4 Å². The molecule has 6 heteroatoms. The lowest BCUT2D eigenvalue weighted by Gasteiger charge is -2.24. The van der Waals surface area contributed by atoms with Crippen molar-refractivity contribution < 1.29 is 13.9 Å². The van der Waals surface area contributed by atoms with Crippen molar-refractivity contribution in [3.8, 4) is 11.3 Å². The molecule has 5 nitrogen and oxygen atoms in total. The van der Waals surface area contributed by atoms with Crippen LogP contribution in [0.2, 0.25) is 0 Å². The molecule has 0 bridgehead atoms. The molecule has 1 saturated heterocycles. The first-order valence-corrected chi connectivity index (χ1v) is 9.35. The maximum Gasteiger partial charge on any atom is 0.185 e. The Labute approximate surface area is 163 Å². The number of aryl methyl sites for hydroxylation is 1. The highest BCUT2D eigenvalue weighted by Gasteiger charge is 2.20. The number of aromatic nitrogens is 2. The molecule has 1 atom stereocenters. The highest BCUT2D eigenvalue weighted by Crippen LogP contribution is 2.23. The molecule has 0 amide bonds. The van der Waals surface area contributed by atoms with E-state index in [-0.39, 0.29) is 24.1 Å². The van der Waals surface area contributed by atoms with Gasteiger partial charge in [0.25, 0.3) is 0 Å². The summed E-state index contributed by atoms with van der Waals surface area (Å²) >= 11 is 0. The van der Waals surface area contributed by atoms with Gasteiger partial charge in [0.05, 0.1) is 18.4 Å². The zero-order valence-electron chi connectivity index (χ0n) is 15.7. The van der Waals surface area contributed by atoms with Gasteiger partial charge in [0.15, 0.2) is 5.78 Å². The topological polar surface area (TPSA) is 56.2 Å². The van der Waals surface area contributed by atoms with E-state index in [4.69, 9.17) is 4.74 Å². The van der Waals surface area contributed by atoms with Crippen LogP contribution in [-0.4, -0.2) is 35.3 Å². The van der Waals surface area contributed by atoms with Crippen molar-refractivity contribution in [2.24, 2.45) is 7.05 Å². The highest BCUT2D eigenvalue weighted by atomic mass is 19.1. The van der Waals surface area contributed by atoms with Crippen molar-refractivity contribution >= 4 is 5.78 Å². The third-order valence-electron chi connectivity index (χ3n) is 4.96. The number of carbonyl (C=O) groups is 1. The molecule has 4 rings (SSSR count). The van der Waals surface area contributed by atoms with Gasteiger partial charge in [-0.25, -0.2) is 4.39 Å². The van der Waals surface area contributed by atoms with Crippen LogP contribution in [0.5, 0.6) is 0 Å². The quantitative estimate of drug-likeness (QED) is 0.691. The van der Waals surface area contributed by atoms with Crippen molar-refractivity contribution in [1.29, 1.82) is 0 Å². The van der Waals surface area contributed by atoms with Crippen molar-refractivity contribution in [2.45, 2.75) is 12.5 Å². The maximum absolute atomic E-state index is 14.6. The van der Waals surface area contributed by atoms with Crippen LogP contribution < -0.4 is 5.32 Å². The third kappa shape index (κ3) is 3.88. The molecule has 0 radical (unpaired) electrons. The van der Waals surface area contributed by atoms with Crippen molar-refractivity contribution in [1.82, 2.24) is 15.1 Å². The van der Waals surface area contributed by atoms with Crippen LogP contribution in [0, 0.1) is 5.82 Å². The predicted octanol–water partition coefficient (Wildman–Crippen LogP) is 3.31. The van der Waals surface area contributed by atoms with Gasteiger partial charge >= 0.3 is 0 Å². The lowest BCUT2D eigenvalue weighted by atomic mass is 10.0. The number of benzene rings is 2. The molecule has 1 aromatic heterocycles. The average Bonchev–Trinajstić information content (AvgIpc) is 3.12. The van der Waals surface area contributed by atoms with Gasteiger partial charge in [-0.3, -0.25) is 9.48 Å². The Balaban J connectivity index is 1.51. The number of hydrogen-bond acceptors (Lipinski definition) is 4. The minimum absolute atomic E-state index is 0.0103. The highest BCUT2D eigenvalue weighted by molar-refractivity contribution is 5.97. The molecule has 28 heavy (non-hydrogen) atoms. The Morgan fingerprint density at radius 3 is 2.79 bits per heavy atom. The Bertz CT molecular complexity index is 979. The average molecular weight is 379 g/mol. The summed E-state index contributed by atoms with van der Waals surface area (Å²) in [5, 5.41) is 7.65. The summed E-state index contributed by atoms with van der Waals surface area (Å²) in [5.74, 6) is -0.551. The fourth-order valence-electron chi connectivity index (χ4n) is 3.43. The maximum atomic E-state index is 14.6. The zero-order chi connectivity index (χ0) is 19.5. The van der Waals surface area contributed by atoms with Crippen LogP contribution in [-0.2, 0) is 18.2 Å².